The zero-order valence-electron chi connectivity index (χ0n) is 19.2. The highest BCUT2D eigenvalue weighted by molar-refractivity contribution is 5.98. The molecular formula is C24H29N3O6. The lowest BCUT2D eigenvalue weighted by Gasteiger charge is -2.20. The van der Waals surface area contributed by atoms with Crippen LogP contribution >= 0.6 is 0 Å². The van der Waals surface area contributed by atoms with Gasteiger partial charge in [0, 0.05) is 5.56 Å². The van der Waals surface area contributed by atoms with Crippen LogP contribution in [0.5, 0.6) is 23.0 Å². The molecule has 1 atom stereocenters. The molecule has 2 aromatic carbocycles. The van der Waals surface area contributed by atoms with Gasteiger partial charge < -0.3 is 24.3 Å². The van der Waals surface area contributed by atoms with Crippen molar-refractivity contribution < 1.29 is 28.5 Å². The molecule has 3 rings (SSSR count). The van der Waals surface area contributed by atoms with Gasteiger partial charge in [-0.1, -0.05) is 13.8 Å². The largest absolute Gasteiger partial charge is 0.490 e. The number of hydrogen-bond acceptors (Lipinski definition) is 7. The lowest BCUT2D eigenvalue weighted by Crippen LogP contribution is -2.48. The van der Waals surface area contributed by atoms with Crippen LogP contribution in [0.4, 0.5) is 0 Å². The van der Waals surface area contributed by atoms with Gasteiger partial charge in [-0.2, -0.15) is 5.10 Å². The van der Waals surface area contributed by atoms with Gasteiger partial charge in [0.15, 0.2) is 23.0 Å². The summed E-state index contributed by atoms with van der Waals surface area (Å²) in [5, 5.41) is 6.80. The molecule has 0 fully saturated rings. The quantitative estimate of drug-likeness (QED) is 0.421. The summed E-state index contributed by atoms with van der Waals surface area (Å²) in [6.45, 7) is 8.62. The number of nitrogens with zero attached hydrogens (tertiary/aromatic N) is 1. The number of hydrazone groups is 1. The van der Waals surface area contributed by atoms with E-state index >= 15 is 0 Å². The number of rotatable bonds is 10. The van der Waals surface area contributed by atoms with Crippen LogP contribution in [0, 0.1) is 5.92 Å². The third kappa shape index (κ3) is 6.15. The van der Waals surface area contributed by atoms with E-state index in [0.717, 1.165) is 5.56 Å². The first-order chi connectivity index (χ1) is 15.9. The second-order valence-electron chi connectivity index (χ2n) is 7.57. The van der Waals surface area contributed by atoms with E-state index in [9.17, 15) is 9.59 Å². The summed E-state index contributed by atoms with van der Waals surface area (Å²) in [5.41, 5.74) is 3.60. The van der Waals surface area contributed by atoms with Crippen LogP contribution in [0.3, 0.4) is 0 Å². The summed E-state index contributed by atoms with van der Waals surface area (Å²) < 4.78 is 21.7. The molecular weight excluding hydrogens is 426 g/mol. The third-order valence-corrected chi connectivity index (χ3v) is 4.83. The Bertz CT molecular complexity index is 1020. The zero-order valence-corrected chi connectivity index (χ0v) is 19.2. The second kappa shape index (κ2) is 11.2. The molecule has 1 aliphatic heterocycles. The van der Waals surface area contributed by atoms with E-state index in [1.165, 1.54) is 6.21 Å². The standard InChI is InChI=1S/C24H29N3O6/c1-5-30-18-9-7-16(11-20(18)31-6-2)13-25-27-24(29)22(15(3)4)26-23(28)17-8-10-19-21(12-17)33-14-32-19/h7-13,15,22H,5-6,14H2,1-4H3,(H,26,28)(H,27,29). The number of benzene rings is 2. The van der Waals surface area contributed by atoms with Crippen LogP contribution in [0.25, 0.3) is 0 Å². The molecule has 9 nitrogen and oxygen atoms in total. The molecule has 0 aliphatic carbocycles. The highest BCUT2D eigenvalue weighted by Crippen LogP contribution is 2.32. The maximum Gasteiger partial charge on any atom is 0.262 e. The monoisotopic (exact) mass is 455 g/mol. The van der Waals surface area contributed by atoms with Crippen molar-refractivity contribution in [2.45, 2.75) is 33.7 Å². The average molecular weight is 456 g/mol. The van der Waals surface area contributed by atoms with Crippen molar-refractivity contribution in [3.8, 4) is 23.0 Å². The molecule has 0 bridgehead atoms. The van der Waals surface area contributed by atoms with E-state index in [1.807, 2.05) is 33.8 Å². The minimum absolute atomic E-state index is 0.121. The third-order valence-electron chi connectivity index (χ3n) is 4.83. The van der Waals surface area contributed by atoms with Crippen LogP contribution in [0.1, 0.15) is 43.6 Å². The second-order valence-corrected chi connectivity index (χ2v) is 7.57. The first kappa shape index (κ1) is 23.9. The van der Waals surface area contributed by atoms with Gasteiger partial charge in [-0.25, -0.2) is 5.43 Å². The Kier molecular flexibility index (Phi) is 8.12. The van der Waals surface area contributed by atoms with Crippen LogP contribution < -0.4 is 29.7 Å². The lowest BCUT2D eigenvalue weighted by atomic mass is 10.0. The molecule has 0 radical (unpaired) electrons. The molecule has 176 valence electrons. The molecule has 1 unspecified atom stereocenters. The van der Waals surface area contributed by atoms with Crippen LogP contribution in [-0.2, 0) is 4.79 Å². The van der Waals surface area contributed by atoms with Gasteiger partial charge in [0.05, 0.1) is 19.4 Å². The number of nitrogens with one attached hydrogen (secondary N) is 2. The first-order valence-corrected chi connectivity index (χ1v) is 10.9. The molecule has 33 heavy (non-hydrogen) atoms. The van der Waals surface area contributed by atoms with Crippen molar-refractivity contribution in [2.24, 2.45) is 11.0 Å². The predicted molar refractivity (Wildman–Crippen MR) is 123 cm³/mol. The molecule has 2 amide bonds. The summed E-state index contributed by atoms with van der Waals surface area (Å²) in [6.07, 6.45) is 1.51. The average Bonchev–Trinajstić information content (AvgIpc) is 3.27. The van der Waals surface area contributed by atoms with Crippen molar-refractivity contribution in [1.82, 2.24) is 10.7 Å². The number of carbonyl (C=O) groups excluding carboxylic acids is 2. The Balaban J connectivity index is 1.64. The molecule has 2 N–H and O–H groups in total. The highest BCUT2D eigenvalue weighted by atomic mass is 16.7. The van der Waals surface area contributed by atoms with Crippen molar-refractivity contribution in [2.75, 3.05) is 20.0 Å². The van der Waals surface area contributed by atoms with Gasteiger partial charge >= 0.3 is 0 Å². The Labute approximate surface area is 193 Å². The van der Waals surface area contributed by atoms with E-state index < -0.39 is 11.9 Å². The predicted octanol–water partition coefficient (Wildman–Crippen LogP) is 3.12. The van der Waals surface area contributed by atoms with Crippen LogP contribution in [0.15, 0.2) is 41.5 Å². The fourth-order valence-electron chi connectivity index (χ4n) is 3.19. The molecule has 0 aromatic heterocycles. The summed E-state index contributed by atoms with van der Waals surface area (Å²) in [4.78, 5) is 25.4. The van der Waals surface area contributed by atoms with Crippen LogP contribution in [-0.4, -0.2) is 44.1 Å². The summed E-state index contributed by atoms with van der Waals surface area (Å²) in [5.74, 6) is 1.36. The maximum atomic E-state index is 12.7. The molecule has 2 aromatic rings. The molecule has 1 aliphatic rings. The number of fused-ring (bicyclic) bond motifs is 1. The molecule has 1 heterocycles. The first-order valence-electron chi connectivity index (χ1n) is 10.9. The van der Waals surface area contributed by atoms with Gasteiger partial charge in [0.2, 0.25) is 6.79 Å². The fraction of sp³-hybridized carbons (Fsp3) is 0.375. The van der Waals surface area contributed by atoms with E-state index in [-0.39, 0.29) is 18.6 Å². The SMILES string of the molecule is CCOc1ccc(C=NNC(=O)C(NC(=O)c2ccc3c(c2)OCO3)C(C)C)cc1OCC. The zero-order chi connectivity index (χ0) is 23.8. The van der Waals surface area contributed by atoms with E-state index in [2.05, 4.69) is 15.8 Å². The summed E-state index contributed by atoms with van der Waals surface area (Å²) in [7, 11) is 0. The molecule has 0 saturated heterocycles. The van der Waals surface area contributed by atoms with E-state index in [0.29, 0.717) is 41.8 Å². The maximum absolute atomic E-state index is 12.7. The molecule has 0 spiro atoms. The minimum atomic E-state index is -0.778. The van der Waals surface area contributed by atoms with Crippen molar-refractivity contribution in [3.63, 3.8) is 0 Å². The summed E-state index contributed by atoms with van der Waals surface area (Å²) in [6, 6.07) is 9.49. The topological polar surface area (TPSA) is 107 Å². The van der Waals surface area contributed by atoms with E-state index in [4.69, 9.17) is 18.9 Å². The van der Waals surface area contributed by atoms with Crippen molar-refractivity contribution >= 4 is 18.0 Å². The van der Waals surface area contributed by atoms with Gasteiger partial charge in [0.1, 0.15) is 6.04 Å². The Morgan fingerprint density at radius 2 is 1.76 bits per heavy atom. The number of ether oxygens (including phenoxy) is 4. The van der Waals surface area contributed by atoms with Crippen molar-refractivity contribution in [1.29, 1.82) is 0 Å². The smallest absolute Gasteiger partial charge is 0.262 e. The highest BCUT2D eigenvalue weighted by Gasteiger charge is 2.25. The normalized spacial score (nSPS) is 13.1. The molecule has 9 heteroatoms. The Morgan fingerprint density at radius 1 is 1.03 bits per heavy atom. The summed E-state index contributed by atoms with van der Waals surface area (Å²) >= 11 is 0. The van der Waals surface area contributed by atoms with Gasteiger partial charge in [-0.15, -0.1) is 0 Å². The lowest BCUT2D eigenvalue weighted by molar-refractivity contribution is -0.123. The minimum Gasteiger partial charge on any atom is -0.490 e. The Hall–Kier alpha value is -3.75. The van der Waals surface area contributed by atoms with Crippen LogP contribution in [0.2, 0.25) is 0 Å². The molecule has 0 saturated carbocycles. The van der Waals surface area contributed by atoms with E-state index in [1.54, 1.807) is 30.3 Å². The fourth-order valence-corrected chi connectivity index (χ4v) is 3.19. The Morgan fingerprint density at radius 3 is 2.48 bits per heavy atom. The number of amides is 2. The van der Waals surface area contributed by atoms with Gasteiger partial charge in [-0.05, 0) is 61.7 Å². The van der Waals surface area contributed by atoms with Crippen molar-refractivity contribution in [3.05, 3.63) is 47.5 Å². The van der Waals surface area contributed by atoms with Gasteiger partial charge in [-0.3, -0.25) is 9.59 Å². The number of hydrogen-bond donors (Lipinski definition) is 2. The van der Waals surface area contributed by atoms with Gasteiger partial charge in [0.25, 0.3) is 11.8 Å². The number of carbonyl (C=O) groups is 2.